The first-order chi connectivity index (χ1) is 9.10. The van der Waals surface area contributed by atoms with Gasteiger partial charge in [-0.05, 0) is 31.7 Å². The standard InChI is InChI=1S/C12H14Cl2N4O/c1-3-15-7(2)11-17-18-12(19-11)16-10-6-8(13)4-5-9(10)14/h4-7,15H,3H2,1-2H3,(H,16,18). The van der Waals surface area contributed by atoms with Crippen LogP contribution in [0.15, 0.2) is 22.6 Å². The number of nitrogens with one attached hydrogen (secondary N) is 2. The number of hydrogen-bond acceptors (Lipinski definition) is 5. The van der Waals surface area contributed by atoms with Crippen molar-refractivity contribution in [3.63, 3.8) is 0 Å². The highest BCUT2D eigenvalue weighted by molar-refractivity contribution is 6.35. The average Bonchev–Trinajstić information content (AvgIpc) is 2.83. The molecule has 1 heterocycles. The Kier molecular flexibility index (Phi) is 4.63. The van der Waals surface area contributed by atoms with Crippen LogP contribution in [0.3, 0.4) is 0 Å². The quantitative estimate of drug-likeness (QED) is 0.879. The van der Waals surface area contributed by atoms with Crippen molar-refractivity contribution in [2.24, 2.45) is 0 Å². The summed E-state index contributed by atoms with van der Waals surface area (Å²) in [6.07, 6.45) is 0. The first-order valence-corrected chi connectivity index (χ1v) is 6.64. The van der Waals surface area contributed by atoms with Gasteiger partial charge in [-0.25, -0.2) is 0 Å². The van der Waals surface area contributed by atoms with Gasteiger partial charge in [0.1, 0.15) is 0 Å². The van der Waals surface area contributed by atoms with Crippen molar-refractivity contribution < 1.29 is 4.42 Å². The van der Waals surface area contributed by atoms with Crippen LogP contribution in [-0.4, -0.2) is 16.7 Å². The van der Waals surface area contributed by atoms with Crippen LogP contribution >= 0.6 is 23.2 Å². The maximum absolute atomic E-state index is 6.04. The molecule has 7 heteroatoms. The van der Waals surface area contributed by atoms with Gasteiger partial charge >= 0.3 is 6.01 Å². The molecule has 1 aromatic heterocycles. The maximum Gasteiger partial charge on any atom is 0.320 e. The van der Waals surface area contributed by atoms with Gasteiger partial charge in [-0.2, -0.15) is 0 Å². The molecule has 0 aliphatic carbocycles. The monoisotopic (exact) mass is 300 g/mol. The molecular weight excluding hydrogens is 287 g/mol. The van der Waals surface area contributed by atoms with Gasteiger partial charge in [0.2, 0.25) is 5.89 Å². The summed E-state index contributed by atoms with van der Waals surface area (Å²) in [4.78, 5) is 0. The fourth-order valence-corrected chi connectivity index (χ4v) is 1.90. The second-order valence-electron chi connectivity index (χ2n) is 3.97. The van der Waals surface area contributed by atoms with E-state index in [1.54, 1.807) is 18.2 Å². The van der Waals surface area contributed by atoms with Crippen molar-refractivity contribution in [3.05, 3.63) is 34.1 Å². The molecule has 0 amide bonds. The van der Waals surface area contributed by atoms with Gasteiger partial charge < -0.3 is 15.1 Å². The second-order valence-corrected chi connectivity index (χ2v) is 4.82. The van der Waals surface area contributed by atoms with Crippen LogP contribution in [-0.2, 0) is 0 Å². The van der Waals surface area contributed by atoms with Crippen molar-refractivity contribution in [1.29, 1.82) is 0 Å². The fourth-order valence-electron chi connectivity index (χ4n) is 1.56. The number of rotatable bonds is 5. The Hall–Kier alpha value is -1.30. The van der Waals surface area contributed by atoms with Gasteiger partial charge in [0.05, 0.1) is 16.8 Å². The molecule has 0 radical (unpaired) electrons. The minimum Gasteiger partial charge on any atom is -0.406 e. The Morgan fingerprint density at radius 3 is 2.84 bits per heavy atom. The minimum absolute atomic E-state index is 0.00267. The van der Waals surface area contributed by atoms with E-state index in [2.05, 4.69) is 20.8 Å². The van der Waals surface area contributed by atoms with E-state index in [9.17, 15) is 0 Å². The van der Waals surface area contributed by atoms with Crippen LogP contribution < -0.4 is 10.6 Å². The van der Waals surface area contributed by atoms with Gasteiger partial charge in [0.25, 0.3) is 0 Å². The summed E-state index contributed by atoms with van der Waals surface area (Å²) in [5.74, 6) is 0.516. The molecule has 0 saturated carbocycles. The Morgan fingerprint density at radius 2 is 2.11 bits per heavy atom. The van der Waals surface area contributed by atoms with E-state index < -0.39 is 0 Å². The van der Waals surface area contributed by atoms with Crippen molar-refractivity contribution >= 4 is 34.9 Å². The zero-order valence-corrected chi connectivity index (χ0v) is 12.1. The van der Waals surface area contributed by atoms with Crippen LogP contribution in [0.5, 0.6) is 0 Å². The molecule has 2 aromatic rings. The molecule has 1 aromatic carbocycles. The Balaban J connectivity index is 2.13. The Labute approximate surface area is 121 Å². The van der Waals surface area contributed by atoms with E-state index in [-0.39, 0.29) is 12.1 Å². The number of hydrogen-bond donors (Lipinski definition) is 2. The van der Waals surface area contributed by atoms with Gasteiger partial charge in [-0.3, -0.25) is 0 Å². The third-order valence-electron chi connectivity index (χ3n) is 2.49. The molecule has 0 saturated heterocycles. The highest BCUT2D eigenvalue weighted by Crippen LogP contribution is 2.28. The van der Waals surface area contributed by atoms with Gasteiger partial charge in [0.15, 0.2) is 0 Å². The number of nitrogens with zero attached hydrogens (tertiary/aromatic N) is 2. The summed E-state index contributed by atoms with van der Waals surface area (Å²) < 4.78 is 5.50. The van der Waals surface area contributed by atoms with Crippen molar-refractivity contribution in [2.75, 3.05) is 11.9 Å². The van der Waals surface area contributed by atoms with Gasteiger partial charge in [-0.1, -0.05) is 35.2 Å². The van der Waals surface area contributed by atoms with Crippen molar-refractivity contribution in [1.82, 2.24) is 15.5 Å². The molecule has 19 heavy (non-hydrogen) atoms. The highest BCUT2D eigenvalue weighted by atomic mass is 35.5. The summed E-state index contributed by atoms with van der Waals surface area (Å²) >= 11 is 11.9. The van der Waals surface area contributed by atoms with Crippen LogP contribution in [0.1, 0.15) is 25.8 Å². The molecule has 1 unspecified atom stereocenters. The van der Waals surface area contributed by atoms with Crippen LogP contribution in [0.2, 0.25) is 10.0 Å². The molecule has 0 spiro atoms. The molecule has 2 rings (SSSR count). The molecule has 0 aliphatic heterocycles. The molecule has 0 bridgehead atoms. The lowest BCUT2D eigenvalue weighted by Crippen LogP contribution is -2.17. The van der Waals surface area contributed by atoms with Gasteiger partial charge in [-0.15, -0.1) is 5.10 Å². The molecular formula is C12H14Cl2N4O. The van der Waals surface area contributed by atoms with Crippen molar-refractivity contribution in [2.45, 2.75) is 19.9 Å². The predicted molar refractivity (Wildman–Crippen MR) is 76.1 cm³/mol. The summed E-state index contributed by atoms with van der Waals surface area (Å²) in [7, 11) is 0. The third-order valence-corrected chi connectivity index (χ3v) is 3.06. The first kappa shape index (κ1) is 14.1. The van der Waals surface area contributed by atoms with E-state index in [0.717, 1.165) is 6.54 Å². The summed E-state index contributed by atoms with van der Waals surface area (Å²) in [5, 5.41) is 15.1. The van der Waals surface area contributed by atoms with Gasteiger partial charge in [0, 0.05) is 5.02 Å². The highest BCUT2D eigenvalue weighted by Gasteiger charge is 2.13. The van der Waals surface area contributed by atoms with Crippen LogP contribution in [0.25, 0.3) is 0 Å². The largest absolute Gasteiger partial charge is 0.406 e. The van der Waals surface area contributed by atoms with Crippen LogP contribution in [0.4, 0.5) is 11.7 Å². The lowest BCUT2D eigenvalue weighted by Gasteiger charge is -2.06. The van der Waals surface area contributed by atoms with E-state index in [1.807, 2.05) is 13.8 Å². The minimum atomic E-state index is 0.00267. The smallest absolute Gasteiger partial charge is 0.320 e. The normalized spacial score (nSPS) is 12.4. The SMILES string of the molecule is CCNC(C)c1nnc(Nc2cc(Cl)ccc2Cl)o1. The number of halogens is 2. The van der Waals surface area contributed by atoms with E-state index in [0.29, 0.717) is 21.6 Å². The fraction of sp³-hybridized carbons (Fsp3) is 0.333. The molecule has 2 N–H and O–H groups in total. The molecule has 0 aliphatic rings. The zero-order chi connectivity index (χ0) is 13.8. The Morgan fingerprint density at radius 1 is 1.32 bits per heavy atom. The number of anilines is 2. The zero-order valence-electron chi connectivity index (χ0n) is 10.6. The molecule has 5 nitrogen and oxygen atoms in total. The maximum atomic E-state index is 6.04. The predicted octanol–water partition coefficient (Wildman–Crippen LogP) is 3.79. The van der Waals surface area contributed by atoms with Crippen molar-refractivity contribution in [3.8, 4) is 0 Å². The van der Waals surface area contributed by atoms with Crippen LogP contribution in [0, 0.1) is 0 Å². The van der Waals surface area contributed by atoms with E-state index in [4.69, 9.17) is 27.6 Å². The molecule has 1 atom stereocenters. The average molecular weight is 301 g/mol. The summed E-state index contributed by atoms with van der Waals surface area (Å²) in [5.41, 5.74) is 0.625. The third kappa shape index (κ3) is 3.59. The number of benzene rings is 1. The molecule has 102 valence electrons. The van der Waals surface area contributed by atoms with E-state index in [1.165, 1.54) is 0 Å². The lowest BCUT2D eigenvalue weighted by atomic mass is 10.3. The second kappa shape index (κ2) is 6.23. The molecule has 0 fully saturated rings. The van der Waals surface area contributed by atoms with E-state index >= 15 is 0 Å². The first-order valence-electron chi connectivity index (χ1n) is 5.89. The summed E-state index contributed by atoms with van der Waals surface area (Å²) in [6, 6.07) is 5.39. The topological polar surface area (TPSA) is 63.0 Å². The lowest BCUT2D eigenvalue weighted by molar-refractivity contribution is 0.430. The Bertz CT molecular complexity index is 558. The summed E-state index contributed by atoms with van der Waals surface area (Å²) in [6.45, 7) is 4.79. The number of aromatic nitrogens is 2.